The maximum atomic E-state index is 13.1. The Labute approximate surface area is 178 Å². The van der Waals surface area contributed by atoms with E-state index < -0.39 is 0 Å². The summed E-state index contributed by atoms with van der Waals surface area (Å²) in [6.45, 7) is 7.88. The van der Waals surface area contributed by atoms with Crippen molar-refractivity contribution in [3.8, 4) is 0 Å². The molecule has 1 aromatic heterocycles. The smallest absolute Gasteiger partial charge is 0.322 e. The van der Waals surface area contributed by atoms with Crippen molar-refractivity contribution >= 4 is 29.2 Å². The summed E-state index contributed by atoms with van der Waals surface area (Å²) in [5.41, 5.74) is 1.71. The number of carbonyl (C=O) groups is 2. The van der Waals surface area contributed by atoms with E-state index in [1.807, 2.05) is 41.8 Å². The zero-order valence-electron chi connectivity index (χ0n) is 17.7. The minimum atomic E-state index is -0.286. The van der Waals surface area contributed by atoms with Crippen molar-refractivity contribution in [2.75, 3.05) is 25.0 Å². The highest BCUT2D eigenvalue weighted by molar-refractivity contribution is 6.30. The number of benzene rings is 1. The van der Waals surface area contributed by atoms with E-state index in [0.717, 1.165) is 12.1 Å². The summed E-state index contributed by atoms with van der Waals surface area (Å²) in [4.78, 5) is 29.2. The third-order valence-electron chi connectivity index (χ3n) is 4.54. The summed E-state index contributed by atoms with van der Waals surface area (Å²) in [7, 11) is 1.97. The Morgan fingerprint density at radius 2 is 1.83 bits per heavy atom. The molecule has 29 heavy (non-hydrogen) atoms. The van der Waals surface area contributed by atoms with Crippen LogP contribution in [-0.4, -0.2) is 45.9 Å². The van der Waals surface area contributed by atoms with Gasteiger partial charge in [-0.15, -0.1) is 0 Å². The normalized spacial score (nSPS) is 10.8. The molecule has 0 saturated carbocycles. The number of hydrogen-bond donors (Lipinski definition) is 1. The van der Waals surface area contributed by atoms with Gasteiger partial charge in [0, 0.05) is 42.7 Å². The van der Waals surface area contributed by atoms with Crippen LogP contribution in [0.3, 0.4) is 0 Å². The summed E-state index contributed by atoms with van der Waals surface area (Å²) in [5, 5.41) is 3.45. The number of aromatic nitrogens is 1. The van der Waals surface area contributed by atoms with Gasteiger partial charge in [-0.25, -0.2) is 4.79 Å². The van der Waals surface area contributed by atoms with Crippen LogP contribution in [0.25, 0.3) is 0 Å². The number of halogens is 1. The molecule has 0 atom stereocenters. The van der Waals surface area contributed by atoms with E-state index in [1.54, 1.807) is 29.2 Å². The van der Waals surface area contributed by atoms with E-state index >= 15 is 0 Å². The molecular formula is C22H31ClN4O2. The van der Waals surface area contributed by atoms with Crippen molar-refractivity contribution in [1.82, 2.24) is 14.4 Å². The Balaban J connectivity index is 2.08. The molecule has 7 heteroatoms. The molecule has 2 rings (SSSR count). The van der Waals surface area contributed by atoms with Gasteiger partial charge in [-0.2, -0.15) is 0 Å². The number of carbonyl (C=O) groups excluding carboxylic acids is 2. The monoisotopic (exact) mass is 418 g/mol. The molecule has 0 fully saturated rings. The van der Waals surface area contributed by atoms with Crippen molar-refractivity contribution in [3.63, 3.8) is 0 Å². The number of nitrogens with one attached hydrogen (secondary N) is 1. The molecule has 0 spiro atoms. The molecule has 158 valence electrons. The van der Waals surface area contributed by atoms with Crippen LogP contribution in [-0.2, 0) is 18.4 Å². The second kappa shape index (κ2) is 10.9. The Bertz CT molecular complexity index is 801. The molecule has 1 heterocycles. The van der Waals surface area contributed by atoms with Crippen molar-refractivity contribution in [2.45, 2.75) is 33.7 Å². The van der Waals surface area contributed by atoms with Crippen molar-refractivity contribution in [1.29, 1.82) is 0 Å². The second-order valence-corrected chi connectivity index (χ2v) is 8.07. The van der Waals surface area contributed by atoms with Crippen LogP contribution >= 0.6 is 11.6 Å². The number of urea groups is 1. The minimum Gasteiger partial charge on any atom is -0.353 e. The average molecular weight is 419 g/mol. The Morgan fingerprint density at radius 3 is 2.38 bits per heavy atom. The van der Waals surface area contributed by atoms with Gasteiger partial charge < -0.3 is 19.7 Å². The van der Waals surface area contributed by atoms with E-state index in [0.29, 0.717) is 36.3 Å². The van der Waals surface area contributed by atoms with Gasteiger partial charge in [0.1, 0.15) is 6.54 Å². The first-order valence-corrected chi connectivity index (χ1v) is 10.4. The topological polar surface area (TPSA) is 57.6 Å². The van der Waals surface area contributed by atoms with Crippen molar-refractivity contribution < 1.29 is 9.59 Å². The average Bonchev–Trinajstić information content (AvgIpc) is 3.07. The van der Waals surface area contributed by atoms with Crippen LogP contribution in [0.2, 0.25) is 5.02 Å². The zero-order valence-corrected chi connectivity index (χ0v) is 18.4. The maximum absolute atomic E-state index is 13.1. The molecule has 0 aliphatic heterocycles. The fraction of sp³-hybridized carbons (Fsp3) is 0.455. The SMILES string of the molecule is CCCN(CC(=O)N(Cc1cccn1C)CC(C)C)C(=O)Nc1ccc(Cl)cc1. The maximum Gasteiger partial charge on any atom is 0.322 e. The third kappa shape index (κ3) is 7.13. The van der Waals surface area contributed by atoms with Crippen LogP contribution in [0, 0.1) is 5.92 Å². The van der Waals surface area contributed by atoms with Gasteiger partial charge in [-0.3, -0.25) is 4.79 Å². The Hall–Kier alpha value is -2.47. The number of anilines is 1. The fourth-order valence-corrected chi connectivity index (χ4v) is 3.20. The van der Waals surface area contributed by atoms with E-state index in [9.17, 15) is 9.59 Å². The highest BCUT2D eigenvalue weighted by Gasteiger charge is 2.22. The molecule has 3 amide bonds. The van der Waals surface area contributed by atoms with Gasteiger partial charge in [-0.05, 0) is 48.7 Å². The molecule has 0 unspecified atom stereocenters. The predicted octanol–water partition coefficient (Wildman–Crippen LogP) is 4.61. The molecule has 1 aromatic carbocycles. The summed E-state index contributed by atoms with van der Waals surface area (Å²) in [6, 6.07) is 10.6. The number of nitrogens with zero attached hydrogens (tertiary/aromatic N) is 3. The lowest BCUT2D eigenvalue weighted by atomic mass is 10.2. The molecule has 0 bridgehead atoms. The van der Waals surface area contributed by atoms with Gasteiger partial charge in [0.15, 0.2) is 0 Å². The third-order valence-corrected chi connectivity index (χ3v) is 4.80. The largest absolute Gasteiger partial charge is 0.353 e. The van der Waals surface area contributed by atoms with E-state index in [-0.39, 0.29) is 18.5 Å². The van der Waals surface area contributed by atoms with Gasteiger partial charge in [0.2, 0.25) is 5.91 Å². The van der Waals surface area contributed by atoms with E-state index in [4.69, 9.17) is 11.6 Å². The molecule has 1 N–H and O–H groups in total. The highest BCUT2D eigenvalue weighted by atomic mass is 35.5. The quantitative estimate of drug-likeness (QED) is 0.646. The first kappa shape index (κ1) is 22.8. The highest BCUT2D eigenvalue weighted by Crippen LogP contribution is 2.15. The van der Waals surface area contributed by atoms with E-state index in [1.165, 1.54) is 0 Å². The van der Waals surface area contributed by atoms with Gasteiger partial charge in [0.05, 0.1) is 6.54 Å². The molecular weight excluding hydrogens is 388 g/mol. The molecule has 0 saturated heterocycles. The van der Waals surface area contributed by atoms with Crippen LogP contribution in [0.15, 0.2) is 42.6 Å². The second-order valence-electron chi connectivity index (χ2n) is 7.64. The predicted molar refractivity (Wildman–Crippen MR) is 118 cm³/mol. The van der Waals surface area contributed by atoms with Gasteiger partial charge in [-0.1, -0.05) is 32.4 Å². The number of rotatable bonds is 9. The number of amides is 3. The molecule has 6 nitrogen and oxygen atoms in total. The van der Waals surface area contributed by atoms with Crippen LogP contribution in [0.4, 0.5) is 10.5 Å². The summed E-state index contributed by atoms with van der Waals surface area (Å²) < 4.78 is 2.01. The lowest BCUT2D eigenvalue weighted by molar-refractivity contribution is -0.133. The van der Waals surface area contributed by atoms with Crippen LogP contribution in [0.1, 0.15) is 32.9 Å². The van der Waals surface area contributed by atoms with Crippen molar-refractivity contribution in [2.24, 2.45) is 13.0 Å². The zero-order chi connectivity index (χ0) is 21.4. The van der Waals surface area contributed by atoms with Gasteiger partial charge >= 0.3 is 6.03 Å². The van der Waals surface area contributed by atoms with Crippen LogP contribution in [0.5, 0.6) is 0 Å². The summed E-state index contributed by atoms with van der Waals surface area (Å²) >= 11 is 5.90. The van der Waals surface area contributed by atoms with Gasteiger partial charge in [0.25, 0.3) is 0 Å². The summed E-state index contributed by atoms with van der Waals surface area (Å²) in [6.07, 6.45) is 2.74. The molecule has 0 radical (unpaired) electrons. The van der Waals surface area contributed by atoms with E-state index in [2.05, 4.69) is 19.2 Å². The van der Waals surface area contributed by atoms with Crippen molar-refractivity contribution in [3.05, 3.63) is 53.3 Å². The summed E-state index contributed by atoms with van der Waals surface area (Å²) in [5.74, 6) is 0.279. The fourth-order valence-electron chi connectivity index (χ4n) is 3.07. The lowest BCUT2D eigenvalue weighted by Gasteiger charge is -2.29. The first-order chi connectivity index (χ1) is 13.8. The molecule has 2 aromatic rings. The molecule has 0 aliphatic carbocycles. The Kier molecular flexibility index (Phi) is 8.58. The number of aryl methyl sites for hydroxylation is 1. The standard InChI is InChI=1S/C22H31ClN4O2/c1-5-12-26(22(29)24-19-10-8-18(23)9-11-19)16-21(28)27(14-17(2)3)15-20-7-6-13-25(20)4/h6-11,13,17H,5,12,14-16H2,1-4H3,(H,24,29). The first-order valence-electron chi connectivity index (χ1n) is 9.99. The number of hydrogen-bond acceptors (Lipinski definition) is 2. The lowest BCUT2D eigenvalue weighted by Crippen LogP contribution is -2.45. The van der Waals surface area contributed by atoms with Crippen LogP contribution < -0.4 is 5.32 Å². The molecule has 0 aliphatic rings. The minimum absolute atomic E-state index is 0.0460. The Morgan fingerprint density at radius 1 is 1.14 bits per heavy atom.